The number of guanidine groups is 1. The molecule has 6 nitrogen and oxygen atoms in total. The summed E-state index contributed by atoms with van der Waals surface area (Å²) in [5, 5.41) is 7.66. The van der Waals surface area contributed by atoms with Crippen LogP contribution in [0, 0.1) is 6.92 Å². The van der Waals surface area contributed by atoms with E-state index in [-0.39, 0.29) is 30.1 Å². The van der Waals surface area contributed by atoms with Crippen LogP contribution in [0.5, 0.6) is 0 Å². The molecular weight excluding hydrogens is 449 g/mol. The molecule has 2 aromatic rings. The Morgan fingerprint density at radius 1 is 1.48 bits per heavy atom. The number of hydrogen-bond acceptors (Lipinski definition) is 4. The average Bonchev–Trinajstić information content (AvgIpc) is 3.20. The average molecular weight is 475 g/mol. The Kier molecular flexibility index (Phi) is 7.70. The molecule has 138 valence electrons. The van der Waals surface area contributed by atoms with E-state index < -0.39 is 0 Å². The van der Waals surface area contributed by atoms with E-state index in [1.807, 2.05) is 24.1 Å². The van der Waals surface area contributed by atoms with Gasteiger partial charge in [-0.1, -0.05) is 0 Å². The SMILES string of the molecule is CCNC(=NCc1ccc(C)s1)N1CCOC(c2cnn(C)c2)C1.I. The monoisotopic (exact) mass is 475 g/mol. The summed E-state index contributed by atoms with van der Waals surface area (Å²) in [6, 6.07) is 4.31. The molecule has 0 radical (unpaired) electrons. The molecule has 25 heavy (non-hydrogen) atoms. The van der Waals surface area contributed by atoms with Gasteiger partial charge in [0.15, 0.2) is 5.96 Å². The van der Waals surface area contributed by atoms with Gasteiger partial charge in [-0.05, 0) is 26.0 Å². The molecule has 1 fully saturated rings. The normalized spacial score (nSPS) is 18.1. The van der Waals surface area contributed by atoms with Crippen LogP contribution in [0.1, 0.15) is 28.3 Å². The van der Waals surface area contributed by atoms with E-state index in [2.05, 4.69) is 41.3 Å². The van der Waals surface area contributed by atoms with E-state index in [1.54, 1.807) is 11.3 Å². The van der Waals surface area contributed by atoms with Crippen LogP contribution in [-0.4, -0.2) is 46.9 Å². The van der Waals surface area contributed by atoms with E-state index in [1.165, 1.54) is 9.75 Å². The molecule has 1 aliphatic heterocycles. The van der Waals surface area contributed by atoms with Gasteiger partial charge in [0, 0.05) is 41.7 Å². The lowest BCUT2D eigenvalue weighted by Gasteiger charge is -2.34. The maximum Gasteiger partial charge on any atom is 0.194 e. The maximum absolute atomic E-state index is 5.93. The Bertz CT molecular complexity index is 699. The minimum atomic E-state index is 0. The lowest BCUT2D eigenvalue weighted by molar-refractivity contribution is -0.00805. The first kappa shape index (κ1) is 20.2. The molecule has 0 amide bonds. The standard InChI is InChI=1S/C17H25N5OS.HI/c1-4-18-17(19-10-15-6-5-13(2)24-15)22-7-8-23-16(12-22)14-9-20-21(3)11-14;/h5-6,9,11,16H,4,7-8,10,12H2,1-3H3,(H,18,19);1H. The molecule has 3 heterocycles. The van der Waals surface area contributed by atoms with Gasteiger partial charge in [-0.2, -0.15) is 5.10 Å². The molecule has 8 heteroatoms. The Morgan fingerprint density at radius 2 is 2.32 bits per heavy atom. The van der Waals surface area contributed by atoms with Crippen LogP contribution in [0.4, 0.5) is 0 Å². The van der Waals surface area contributed by atoms with Gasteiger partial charge >= 0.3 is 0 Å². The zero-order valence-corrected chi connectivity index (χ0v) is 18.1. The number of halogens is 1. The molecule has 1 unspecified atom stereocenters. The molecular formula is C17H26IN5OS. The van der Waals surface area contributed by atoms with Gasteiger partial charge in [0.2, 0.25) is 0 Å². The van der Waals surface area contributed by atoms with Crippen molar-refractivity contribution in [3.05, 3.63) is 39.8 Å². The Balaban J connectivity index is 0.00000225. The molecule has 0 spiro atoms. The second-order valence-corrected chi connectivity index (χ2v) is 7.31. The molecule has 2 aromatic heterocycles. The van der Waals surface area contributed by atoms with Crippen LogP contribution in [0.15, 0.2) is 29.5 Å². The second kappa shape index (κ2) is 9.54. The minimum absolute atomic E-state index is 0. The molecule has 0 saturated carbocycles. The van der Waals surface area contributed by atoms with Crippen LogP contribution in [0.3, 0.4) is 0 Å². The highest BCUT2D eigenvalue weighted by Gasteiger charge is 2.25. The van der Waals surface area contributed by atoms with Crippen molar-refractivity contribution in [3.63, 3.8) is 0 Å². The third-order valence-electron chi connectivity index (χ3n) is 3.98. The fraction of sp³-hybridized carbons (Fsp3) is 0.529. The van der Waals surface area contributed by atoms with Crippen LogP contribution >= 0.6 is 35.3 Å². The molecule has 1 N–H and O–H groups in total. The third kappa shape index (κ3) is 5.42. The quantitative estimate of drug-likeness (QED) is 0.420. The summed E-state index contributed by atoms with van der Waals surface area (Å²) in [5.41, 5.74) is 1.12. The molecule has 0 bridgehead atoms. The van der Waals surface area contributed by atoms with Crippen molar-refractivity contribution in [3.8, 4) is 0 Å². The smallest absolute Gasteiger partial charge is 0.194 e. The molecule has 3 rings (SSSR count). The highest BCUT2D eigenvalue weighted by molar-refractivity contribution is 14.0. The first-order valence-electron chi connectivity index (χ1n) is 8.34. The summed E-state index contributed by atoms with van der Waals surface area (Å²) in [6.45, 7) is 8.15. The van der Waals surface area contributed by atoms with E-state index in [4.69, 9.17) is 9.73 Å². The van der Waals surface area contributed by atoms with E-state index in [0.29, 0.717) is 6.61 Å². The van der Waals surface area contributed by atoms with Crippen molar-refractivity contribution in [2.24, 2.45) is 12.0 Å². The summed E-state index contributed by atoms with van der Waals surface area (Å²) < 4.78 is 7.74. The van der Waals surface area contributed by atoms with Gasteiger partial charge in [0.05, 0.1) is 25.9 Å². The summed E-state index contributed by atoms with van der Waals surface area (Å²) in [5.74, 6) is 0.959. The number of thiophene rings is 1. The van der Waals surface area contributed by atoms with Crippen molar-refractivity contribution in [1.29, 1.82) is 0 Å². The van der Waals surface area contributed by atoms with Gasteiger partial charge in [-0.25, -0.2) is 4.99 Å². The van der Waals surface area contributed by atoms with E-state index >= 15 is 0 Å². The summed E-state index contributed by atoms with van der Waals surface area (Å²) >= 11 is 1.81. The Labute approximate surface area is 170 Å². The number of rotatable bonds is 4. The number of ether oxygens (including phenoxy) is 1. The second-order valence-electron chi connectivity index (χ2n) is 5.94. The van der Waals surface area contributed by atoms with Crippen molar-refractivity contribution in [1.82, 2.24) is 20.0 Å². The van der Waals surface area contributed by atoms with Gasteiger partial charge in [-0.3, -0.25) is 4.68 Å². The number of morpholine rings is 1. The van der Waals surface area contributed by atoms with Gasteiger partial charge in [0.25, 0.3) is 0 Å². The highest BCUT2D eigenvalue weighted by Crippen LogP contribution is 2.22. The van der Waals surface area contributed by atoms with Crippen LogP contribution in [0.2, 0.25) is 0 Å². The summed E-state index contributed by atoms with van der Waals surface area (Å²) in [4.78, 5) is 9.72. The lowest BCUT2D eigenvalue weighted by atomic mass is 10.1. The number of aromatic nitrogens is 2. The predicted molar refractivity (Wildman–Crippen MR) is 113 cm³/mol. The van der Waals surface area contributed by atoms with Crippen molar-refractivity contribution >= 4 is 41.3 Å². The van der Waals surface area contributed by atoms with E-state index in [0.717, 1.165) is 37.7 Å². The first-order chi connectivity index (χ1) is 11.7. The maximum atomic E-state index is 5.93. The number of hydrogen-bond donors (Lipinski definition) is 1. The summed E-state index contributed by atoms with van der Waals surface area (Å²) in [6.07, 6.45) is 3.94. The Morgan fingerprint density at radius 3 is 2.96 bits per heavy atom. The minimum Gasteiger partial charge on any atom is -0.370 e. The molecule has 0 aromatic carbocycles. The van der Waals surface area contributed by atoms with Crippen molar-refractivity contribution in [2.75, 3.05) is 26.2 Å². The van der Waals surface area contributed by atoms with Crippen LogP contribution in [-0.2, 0) is 18.3 Å². The van der Waals surface area contributed by atoms with Crippen LogP contribution in [0.25, 0.3) is 0 Å². The molecule has 1 saturated heterocycles. The van der Waals surface area contributed by atoms with Gasteiger partial charge in [0.1, 0.15) is 6.10 Å². The van der Waals surface area contributed by atoms with Crippen molar-refractivity contribution < 1.29 is 4.74 Å². The topological polar surface area (TPSA) is 54.7 Å². The summed E-state index contributed by atoms with van der Waals surface area (Å²) in [7, 11) is 1.93. The van der Waals surface area contributed by atoms with E-state index in [9.17, 15) is 0 Å². The first-order valence-corrected chi connectivity index (χ1v) is 9.16. The van der Waals surface area contributed by atoms with Crippen molar-refractivity contribution in [2.45, 2.75) is 26.5 Å². The zero-order chi connectivity index (χ0) is 16.9. The van der Waals surface area contributed by atoms with Crippen LogP contribution < -0.4 is 5.32 Å². The molecule has 0 aliphatic carbocycles. The largest absolute Gasteiger partial charge is 0.370 e. The fourth-order valence-electron chi connectivity index (χ4n) is 2.80. The molecule has 1 aliphatic rings. The number of aryl methyl sites for hydroxylation is 2. The number of nitrogens with zero attached hydrogens (tertiary/aromatic N) is 4. The highest BCUT2D eigenvalue weighted by atomic mass is 127. The Hall–Kier alpha value is -1.13. The van der Waals surface area contributed by atoms with Gasteiger partial charge in [-0.15, -0.1) is 35.3 Å². The predicted octanol–water partition coefficient (Wildman–Crippen LogP) is 2.95. The van der Waals surface area contributed by atoms with Gasteiger partial charge < -0.3 is 15.0 Å². The number of nitrogens with one attached hydrogen (secondary N) is 1. The third-order valence-corrected chi connectivity index (χ3v) is 4.96. The number of aliphatic imine (C=N–C) groups is 1. The fourth-order valence-corrected chi connectivity index (χ4v) is 3.61. The lowest BCUT2D eigenvalue weighted by Crippen LogP contribution is -2.48. The molecule has 1 atom stereocenters. The zero-order valence-electron chi connectivity index (χ0n) is 14.9.